The smallest absolute Gasteiger partial charge is 0.305 e. The van der Waals surface area contributed by atoms with E-state index >= 15 is 0 Å². The van der Waals surface area contributed by atoms with Gasteiger partial charge in [0.25, 0.3) is 0 Å². The van der Waals surface area contributed by atoms with E-state index in [-0.39, 0.29) is 18.8 Å². The molecule has 0 aliphatic rings. The van der Waals surface area contributed by atoms with E-state index in [0.29, 0.717) is 5.75 Å². The summed E-state index contributed by atoms with van der Waals surface area (Å²) in [4.78, 5) is 10.9. The largest absolute Gasteiger partial charge is 0.497 e. The van der Waals surface area contributed by atoms with Crippen molar-refractivity contribution in [3.05, 3.63) is 36.2 Å². The lowest BCUT2D eigenvalue weighted by Crippen LogP contribution is -2.15. The van der Waals surface area contributed by atoms with Gasteiger partial charge in [0.15, 0.2) is 0 Å². The molecule has 1 aromatic carbocycles. The van der Waals surface area contributed by atoms with Crippen LogP contribution in [0.25, 0.3) is 0 Å². The number of hydrogen-bond donors (Lipinski definition) is 1. The van der Waals surface area contributed by atoms with Crippen LogP contribution in [-0.2, 0) is 4.79 Å². The van der Waals surface area contributed by atoms with E-state index in [9.17, 15) is 4.79 Å². The Hall–Kier alpha value is -2.15. The first-order valence-electron chi connectivity index (χ1n) is 5.29. The van der Waals surface area contributed by atoms with Crippen LogP contribution in [0.15, 0.2) is 30.6 Å². The molecule has 1 unspecified atom stereocenters. The fraction of sp³-hybridized carbons (Fsp3) is 0.273. The monoisotopic (exact) mass is 284 g/mol. The molecule has 0 fully saturated rings. The third-order valence-corrected chi connectivity index (χ3v) is 2.55. The summed E-state index contributed by atoms with van der Waals surface area (Å²) in [6.07, 6.45) is 1.31. The Labute approximate surface area is 115 Å². The van der Waals surface area contributed by atoms with Crippen LogP contribution < -0.4 is 4.74 Å². The fourth-order valence-electron chi connectivity index (χ4n) is 1.67. The molecule has 0 radical (unpaired) electrons. The van der Waals surface area contributed by atoms with Crippen LogP contribution in [0.1, 0.15) is 18.0 Å². The number of aliphatic carboxylic acids is 1. The first kappa shape index (κ1) is 14.9. The van der Waals surface area contributed by atoms with Crippen molar-refractivity contribution in [2.75, 3.05) is 7.11 Å². The fourth-order valence-corrected chi connectivity index (χ4v) is 1.67. The number of halogens is 1. The summed E-state index contributed by atoms with van der Waals surface area (Å²) in [5.74, 6) is -0.198. The van der Waals surface area contributed by atoms with Crippen LogP contribution in [0.5, 0.6) is 5.75 Å². The third kappa shape index (κ3) is 3.65. The summed E-state index contributed by atoms with van der Waals surface area (Å²) >= 11 is 0. The SMILES string of the molecule is COc1ccc(C(CC(=O)O)n2cnnn2)cc1.Cl. The minimum Gasteiger partial charge on any atom is -0.497 e. The second-order valence-electron chi connectivity index (χ2n) is 3.68. The number of ether oxygens (including phenoxy) is 1. The van der Waals surface area contributed by atoms with Crippen molar-refractivity contribution in [3.8, 4) is 5.75 Å². The predicted molar refractivity (Wildman–Crippen MR) is 68.5 cm³/mol. The van der Waals surface area contributed by atoms with Crippen LogP contribution in [0.4, 0.5) is 0 Å². The maximum Gasteiger partial charge on any atom is 0.305 e. The zero-order chi connectivity index (χ0) is 13.0. The van der Waals surface area contributed by atoms with E-state index < -0.39 is 12.0 Å². The van der Waals surface area contributed by atoms with Crippen molar-refractivity contribution < 1.29 is 14.6 Å². The number of tetrazole rings is 1. The van der Waals surface area contributed by atoms with Crippen molar-refractivity contribution in [1.29, 1.82) is 0 Å². The average Bonchev–Trinajstić information content (AvgIpc) is 2.89. The Morgan fingerprint density at radius 3 is 2.58 bits per heavy atom. The quantitative estimate of drug-likeness (QED) is 0.886. The molecule has 0 saturated carbocycles. The molecule has 0 spiro atoms. The molecular formula is C11H13ClN4O3. The maximum atomic E-state index is 10.9. The molecule has 0 amide bonds. The minimum atomic E-state index is -0.911. The van der Waals surface area contributed by atoms with Gasteiger partial charge in [-0.1, -0.05) is 12.1 Å². The molecule has 0 saturated heterocycles. The highest BCUT2D eigenvalue weighted by atomic mass is 35.5. The highest BCUT2D eigenvalue weighted by Crippen LogP contribution is 2.23. The van der Waals surface area contributed by atoms with E-state index in [1.54, 1.807) is 31.4 Å². The molecule has 19 heavy (non-hydrogen) atoms. The van der Waals surface area contributed by atoms with Crippen molar-refractivity contribution >= 4 is 18.4 Å². The topological polar surface area (TPSA) is 90.1 Å². The summed E-state index contributed by atoms with van der Waals surface area (Å²) in [5.41, 5.74) is 0.811. The molecule has 1 heterocycles. The van der Waals surface area contributed by atoms with Gasteiger partial charge in [-0.3, -0.25) is 4.79 Å². The molecule has 1 atom stereocenters. The number of carboxylic acid groups (broad SMARTS) is 1. The highest BCUT2D eigenvalue weighted by Gasteiger charge is 2.18. The molecule has 7 nitrogen and oxygen atoms in total. The number of aromatic nitrogens is 4. The maximum absolute atomic E-state index is 10.9. The van der Waals surface area contributed by atoms with Gasteiger partial charge in [-0.15, -0.1) is 17.5 Å². The van der Waals surface area contributed by atoms with Crippen molar-refractivity contribution in [2.45, 2.75) is 12.5 Å². The van der Waals surface area contributed by atoms with Crippen LogP contribution in [-0.4, -0.2) is 38.4 Å². The van der Waals surface area contributed by atoms with Crippen molar-refractivity contribution in [1.82, 2.24) is 20.2 Å². The number of methoxy groups -OCH3 is 1. The second-order valence-corrected chi connectivity index (χ2v) is 3.68. The van der Waals surface area contributed by atoms with Crippen LogP contribution in [0, 0.1) is 0 Å². The van der Waals surface area contributed by atoms with Gasteiger partial charge in [-0.05, 0) is 28.1 Å². The lowest BCUT2D eigenvalue weighted by Gasteiger charge is -2.14. The molecule has 0 aliphatic heterocycles. The van der Waals surface area contributed by atoms with Crippen LogP contribution in [0.3, 0.4) is 0 Å². The van der Waals surface area contributed by atoms with Gasteiger partial charge >= 0.3 is 5.97 Å². The highest BCUT2D eigenvalue weighted by molar-refractivity contribution is 5.85. The van der Waals surface area contributed by atoms with Gasteiger partial charge in [0.1, 0.15) is 12.1 Å². The van der Waals surface area contributed by atoms with E-state index in [0.717, 1.165) is 5.56 Å². The zero-order valence-electron chi connectivity index (χ0n) is 10.1. The summed E-state index contributed by atoms with van der Waals surface area (Å²) in [7, 11) is 1.57. The summed E-state index contributed by atoms with van der Waals surface area (Å²) in [5, 5.41) is 19.7. The number of hydrogen-bond acceptors (Lipinski definition) is 5. The van der Waals surface area contributed by atoms with Gasteiger partial charge in [0.2, 0.25) is 0 Å². The van der Waals surface area contributed by atoms with E-state index in [1.165, 1.54) is 11.0 Å². The summed E-state index contributed by atoms with van der Waals surface area (Å²) in [6.45, 7) is 0. The summed E-state index contributed by atoms with van der Waals surface area (Å²) in [6, 6.07) is 6.72. The third-order valence-electron chi connectivity index (χ3n) is 2.55. The normalized spacial score (nSPS) is 11.4. The number of carboxylic acids is 1. The lowest BCUT2D eigenvalue weighted by molar-refractivity contribution is -0.137. The molecule has 0 aliphatic carbocycles. The molecule has 8 heteroatoms. The number of nitrogens with zero attached hydrogens (tertiary/aromatic N) is 4. The number of carbonyl (C=O) groups is 1. The van der Waals surface area contributed by atoms with Gasteiger partial charge in [0.05, 0.1) is 19.6 Å². The second kappa shape index (κ2) is 6.69. The van der Waals surface area contributed by atoms with Crippen molar-refractivity contribution in [3.63, 3.8) is 0 Å². The average molecular weight is 285 g/mol. The molecule has 2 aromatic rings. The molecule has 102 valence electrons. The first-order chi connectivity index (χ1) is 8.70. The van der Waals surface area contributed by atoms with Crippen LogP contribution in [0.2, 0.25) is 0 Å². The molecule has 1 aromatic heterocycles. The van der Waals surface area contributed by atoms with Gasteiger partial charge in [-0.2, -0.15) is 0 Å². The lowest BCUT2D eigenvalue weighted by atomic mass is 10.0. The summed E-state index contributed by atoms with van der Waals surface area (Å²) < 4.78 is 6.48. The van der Waals surface area contributed by atoms with Crippen molar-refractivity contribution in [2.24, 2.45) is 0 Å². The minimum absolute atomic E-state index is 0. The van der Waals surface area contributed by atoms with E-state index in [2.05, 4.69) is 15.5 Å². The number of benzene rings is 1. The van der Waals surface area contributed by atoms with Gasteiger partial charge < -0.3 is 9.84 Å². The van der Waals surface area contributed by atoms with Gasteiger partial charge in [0, 0.05) is 0 Å². The molecule has 1 N–H and O–H groups in total. The Balaban J connectivity index is 0.00000180. The molecule has 0 bridgehead atoms. The van der Waals surface area contributed by atoms with E-state index in [1.807, 2.05) is 0 Å². The van der Waals surface area contributed by atoms with Crippen LogP contribution >= 0.6 is 12.4 Å². The van der Waals surface area contributed by atoms with E-state index in [4.69, 9.17) is 9.84 Å². The number of rotatable bonds is 5. The Kier molecular flexibility index (Phi) is 5.25. The molecule has 2 rings (SSSR count). The Morgan fingerprint density at radius 2 is 2.11 bits per heavy atom. The first-order valence-corrected chi connectivity index (χ1v) is 5.29. The Morgan fingerprint density at radius 1 is 1.42 bits per heavy atom. The molecular weight excluding hydrogens is 272 g/mol. The Bertz CT molecular complexity index is 515. The predicted octanol–water partition coefficient (Wildman–Crippen LogP) is 1.17. The zero-order valence-corrected chi connectivity index (χ0v) is 10.9. The van der Waals surface area contributed by atoms with Gasteiger partial charge in [-0.25, -0.2) is 4.68 Å². The standard InChI is InChI=1S/C11H12N4O3.ClH/c1-18-9-4-2-8(3-5-9)10(6-11(16)17)15-7-12-13-14-15;/h2-5,7,10H,6H2,1H3,(H,16,17);1H.